The number of rotatable bonds is 7. The van der Waals surface area contributed by atoms with E-state index < -0.39 is 0 Å². The Morgan fingerprint density at radius 3 is 2.60 bits per heavy atom. The summed E-state index contributed by atoms with van der Waals surface area (Å²) >= 11 is 6.18. The van der Waals surface area contributed by atoms with Gasteiger partial charge in [0.1, 0.15) is 5.82 Å². The van der Waals surface area contributed by atoms with Crippen molar-refractivity contribution in [3.8, 4) is 11.4 Å². The van der Waals surface area contributed by atoms with Crippen molar-refractivity contribution < 1.29 is 0 Å². The molecule has 0 aliphatic heterocycles. The highest BCUT2D eigenvalue weighted by molar-refractivity contribution is 6.31. The van der Waals surface area contributed by atoms with E-state index in [0.29, 0.717) is 0 Å². The van der Waals surface area contributed by atoms with E-state index in [1.807, 2.05) is 12.1 Å². The van der Waals surface area contributed by atoms with E-state index in [9.17, 15) is 0 Å². The van der Waals surface area contributed by atoms with E-state index >= 15 is 0 Å². The molecule has 0 bridgehead atoms. The maximum atomic E-state index is 6.18. The fourth-order valence-electron chi connectivity index (χ4n) is 3.33. The molecule has 3 rings (SSSR count). The van der Waals surface area contributed by atoms with Crippen LogP contribution in [0.2, 0.25) is 5.02 Å². The number of nitrogens with zero attached hydrogens (tertiary/aromatic N) is 3. The summed E-state index contributed by atoms with van der Waals surface area (Å²) in [7, 11) is 0. The summed E-state index contributed by atoms with van der Waals surface area (Å²) in [5, 5.41) is 0.732. The van der Waals surface area contributed by atoms with Crippen molar-refractivity contribution in [1.82, 2.24) is 14.5 Å². The van der Waals surface area contributed by atoms with Gasteiger partial charge in [-0.05, 0) is 57.2 Å². The zero-order chi connectivity index (χ0) is 17.8. The van der Waals surface area contributed by atoms with Crippen LogP contribution >= 0.6 is 11.6 Å². The Balaban J connectivity index is 1.97. The lowest BCUT2D eigenvalue weighted by molar-refractivity contribution is 0.294. The minimum absolute atomic E-state index is 0.732. The molecule has 4 heteroatoms. The molecule has 0 radical (unpaired) electrons. The minimum Gasteiger partial charge on any atom is -0.324 e. The lowest BCUT2D eigenvalue weighted by Gasteiger charge is -2.18. The van der Waals surface area contributed by atoms with E-state index in [4.69, 9.17) is 16.6 Å². The largest absolute Gasteiger partial charge is 0.324 e. The summed E-state index contributed by atoms with van der Waals surface area (Å²) in [6, 6.07) is 14.5. The van der Waals surface area contributed by atoms with Gasteiger partial charge >= 0.3 is 0 Å². The van der Waals surface area contributed by atoms with Crippen molar-refractivity contribution in [2.45, 2.75) is 33.7 Å². The Kier molecular flexibility index (Phi) is 5.77. The molecule has 0 fully saturated rings. The molecule has 1 aromatic heterocycles. The van der Waals surface area contributed by atoms with Gasteiger partial charge < -0.3 is 9.47 Å². The number of hydrogen-bond donors (Lipinski definition) is 0. The predicted molar refractivity (Wildman–Crippen MR) is 107 cm³/mol. The molecule has 25 heavy (non-hydrogen) atoms. The molecule has 0 atom stereocenters. The van der Waals surface area contributed by atoms with Crippen LogP contribution in [0.15, 0.2) is 42.5 Å². The van der Waals surface area contributed by atoms with E-state index in [2.05, 4.69) is 60.6 Å². The fraction of sp³-hybridized carbons (Fsp3) is 0.381. The average molecular weight is 356 g/mol. The summed E-state index contributed by atoms with van der Waals surface area (Å²) in [4.78, 5) is 7.35. The number of fused-ring (bicyclic) bond motifs is 1. The van der Waals surface area contributed by atoms with E-state index in [-0.39, 0.29) is 0 Å². The first-order valence-corrected chi connectivity index (χ1v) is 9.45. The number of benzene rings is 2. The number of hydrogen-bond acceptors (Lipinski definition) is 2. The summed E-state index contributed by atoms with van der Waals surface area (Å²) in [5.41, 5.74) is 4.53. The second-order valence-electron chi connectivity index (χ2n) is 6.47. The van der Waals surface area contributed by atoms with Gasteiger partial charge in [-0.15, -0.1) is 0 Å². The Labute approximate surface area is 155 Å². The van der Waals surface area contributed by atoms with Gasteiger partial charge in [0, 0.05) is 17.1 Å². The van der Waals surface area contributed by atoms with Crippen LogP contribution < -0.4 is 0 Å². The molecular formula is C21H26ClN3. The van der Waals surface area contributed by atoms with Gasteiger partial charge in [-0.1, -0.05) is 49.2 Å². The first-order valence-electron chi connectivity index (χ1n) is 9.07. The number of aryl methyl sites for hydroxylation is 2. The number of aromatic nitrogens is 2. The van der Waals surface area contributed by atoms with E-state index in [0.717, 1.165) is 60.0 Å². The maximum Gasteiger partial charge on any atom is 0.141 e. The Hall–Kier alpha value is -1.84. The standard InChI is InChI=1S/C21H26ClN3/c1-4-24(5-2)12-7-13-25-20-11-10-18(22)15-19(20)23-21(25)17-9-6-8-16(3)14-17/h6,8-11,14-15H,4-5,7,12-13H2,1-3H3. The van der Waals surface area contributed by atoms with Gasteiger partial charge in [-0.3, -0.25) is 0 Å². The smallest absolute Gasteiger partial charge is 0.141 e. The quantitative estimate of drug-likeness (QED) is 0.566. The van der Waals surface area contributed by atoms with Crippen LogP contribution in [0.4, 0.5) is 0 Å². The molecule has 0 saturated carbocycles. The number of imidazole rings is 1. The highest BCUT2D eigenvalue weighted by Gasteiger charge is 2.13. The van der Waals surface area contributed by atoms with Crippen LogP contribution in [0.5, 0.6) is 0 Å². The van der Waals surface area contributed by atoms with Crippen LogP contribution in [-0.4, -0.2) is 34.1 Å². The van der Waals surface area contributed by atoms with Gasteiger partial charge in [-0.25, -0.2) is 4.98 Å². The number of halogens is 1. The molecule has 0 N–H and O–H groups in total. The Morgan fingerprint density at radius 2 is 1.88 bits per heavy atom. The van der Waals surface area contributed by atoms with Crippen molar-refractivity contribution in [2.75, 3.05) is 19.6 Å². The van der Waals surface area contributed by atoms with Crippen LogP contribution in [0, 0.1) is 6.92 Å². The van der Waals surface area contributed by atoms with Gasteiger partial charge in [0.25, 0.3) is 0 Å². The van der Waals surface area contributed by atoms with Crippen molar-refractivity contribution in [2.24, 2.45) is 0 Å². The van der Waals surface area contributed by atoms with Crippen molar-refractivity contribution in [3.63, 3.8) is 0 Å². The Morgan fingerprint density at radius 1 is 1.08 bits per heavy atom. The average Bonchev–Trinajstić information content (AvgIpc) is 2.96. The first kappa shape index (κ1) is 18.0. The summed E-state index contributed by atoms with van der Waals surface area (Å²) < 4.78 is 2.34. The summed E-state index contributed by atoms with van der Waals surface area (Å²) in [5.74, 6) is 1.03. The topological polar surface area (TPSA) is 21.1 Å². The summed E-state index contributed by atoms with van der Waals surface area (Å²) in [6.07, 6.45) is 1.11. The van der Waals surface area contributed by atoms with Gasteiger partial charge in [-0.2, -0.15) is 0 Å². The molecule has 1 heterocycles. The third-order valence-electron chi connectivity index (χ3n) is 4.74. The van der Waals surface area contributed by atoms with Gasteiger partial charge in [0.15, 0.2) is 0 Å². The SMILES string of the molecule is CCN(CC)CCCn1c(-c2cccc(C)c2)nc2cc(Cl)ccc21. The molecule has 2 aromatic carbocycles. The minimum atomic E-state index is 0.732. The maximum absolute atomic E-state index is 6.18. The molecule has 0 saturated heterocycles. The lowest BCUT2D eigenvalue weighted by atomic mass is 10.1. The molecule has 0 spiro atoms. The normalized spacial score (nSPS) is 11.6. The molecule has 0 aliphatic carbocycles. The highest BCUT2D eigenvalue weighted by atomic mass is 35.5. The zero-order valence-electron chi connectivity index (χ0n) is 15.3. The van der Waals surface area contributed by atoms with Crippen molar-refractivity contribution in [3.05, 3.63) is 53.1 Å². The predicted octanol–water partition coefficient (Wildman–Crippen LogP) is 5.40. The van der Waals surface area contributed by atoms with E-state index in [1.165, 1.54) is 5.56 Å². The molecule has 3 aromatic rings. The van der Waals surface area contributed by atoms with Crippen LogP contribution in [-0.2, 0) is 6.54 Å². The molecule has 0 aliphatic rings. The zero-order valence-corrected chi connectivity index (χ0v) is 16.1. The third-order valence-corrected chi connectivity index (χ3v) is 4.97. The molecule has 132 valence electrons. The highest BCUT2D eigenvalue weighted by Crippen LogP contribution is 2.27. The van der Waals surface area contributed by atoms with Gasteiger partial charge in [0.05, 0.1) is 11.0 Å². The molecular weight excluding hydrogens is 330 g/mol. The first-order chi connectivity index (χ1) is 12.1. The van der Waals surface area contributed by atoms with Crippen LogP contribution in [0.1, 0.15) is 25.8 Å². The molecule has 0 unspecified atom stereocenters. The molecule has 3 nitrogen and oxygen atoms in total. The second kappa shape index (κ2) is 8.03. The third kappa shape index (κ3) is 4.05. The van der Waals surface area contributed by atoms with Crippen molar-refractivity contribution >= 4 is 22.6 Å². The fourth-order valence-corrected chi connectivity index (χ4v) is 3.49. The monoisotopic (exact) mass is 355 g/mol. The van der Waals surface area contributed by atoms with Gasteiger partial charge in [0.2, 0.25) is 0 Å². The van der Waals surface area contributed by atoms with Crippen LogP contribution in [0.25, 0.3) is 22.4 Å². The Bertz CT molecular complexity index is 849. The van der Waals surface area contributed by atoms with E-state index in [1.54, 1.807) is 0 Å². The molecule has 0 amide bonds. The van der Waals surface area contributed by atoms with Crippen molar-refractivity contribution in [1.29, 1.82) is 0 Å². The summed E-state index contributed by atoms with van der Waals surface area (Å²) in [6.45, 7) is 10.8. The lowest BCUT2D eigenvalue weighted by Crippen LogP contribution is -2.24. The van der Waals surface area contributed by atoms with Crippen LogP contribution in [0.3, 0.4) is 0 Å². The second-order valence-corrected chi connectivity index (χ2v) is 6.91.